The van der Waals surface area contributed by atoms with Crippen LogP contribution in [0.25, 0.3) is 21.8 Å². The lowest BCUT2D eigenvalue weighted by Crippen LogP contribution is -2.34. The van der Waals surface area contributed by atoms with Gasteiger partial charge < -0.3 is 20.6 Å². The first kappa shape index (κ1) is 19.8. The van der Waals surface area contributed by atoms with Crippen LogP contribution >= 0.6 is 0 Å². The van der Waals surface area contributed by atoms with E-state index >= 15 is 0 Å². The molecule has 6 nitrogen and oxygen atoms in total. The second-order valence-electron chi connectivity index (χ2n) is 7.42. The number of H-pyrrole nitrogens is 2. The first-order valence-corrected chi connectivity index (χ1v) is 10.3. The summed E-state index contributed by atoms with van der Waals surface area (Å²) in [5, 5.41) is 8.07. The number of fused-ring (bicyclic) bond motifs is 2. The van der Waals surface area contributed by atoms with Gasteiger partial charge in [0.15, 0.2) is 0 Å². The van der Waals surface area contributed by atoms with Crippen LogP contribution < -0.4 is 10.6 Å². The highest BCUT2D eigenvalue weighted by Gasteiger charge is 2.08. The number of carbonyl (C=O) groups is 2. The highest BCUT2D eigenvalue weighted by Crippen LogP contribution is 2.19. The van der Waals surface area contributed by atoms with E-state index in [-0.39, 0.29) is 11.8 Å². The van der Waals surface area contributed by atoms with Crippen molar-refractivity contribution in [2.75, 3.05) is 13.1 Å². The Morgan fingerprint density at radius 3 is 1.57 bits per heavy atom. The molecule has 4 rings (SSSR count). The average molecular weight is 402 g/mol. The molecule has 2 aromatic heterocycles. The quantitative estimate of drug-likeness (QED) is 0.323. The molecule has 0 aliphatic rings. The van der Waals surface area contributed by atoms with Gasteiger partial charge in [0.2, 0.25) is 11.8 Å². The number of aromatic nitrogens is 2. The zero-order valence-electron chi connectivity index (χ0n) is 16.8. The Morgan fingerprint density at radius 1 is 0.667 bits per heavy atom. The first-order valence-electron chi connectivity index (χ1n) is 10.3. The second-order valence-corrected chi connectivity index (χ2v) is 7.42. The molecule has 2 amide bonds. The molecule has 2 heterocycles. The van der Waals surface area contributed by atoms with Crippen molar-refractivity contribution in [1.82, 2.24) is 20.6 Å². The van der Waals surface area contributed by atoms with Crippen LogP contribution in [0.1, 0.15) is 24.0 Å². The molecule has 0 radical (unpaired) electrons. The normalized spacial score (nSPS) is 11.1. The molecular weight excluding hydrogens is 376 g/mol. The second kappa shape index (κ2) is 9.31. The van der Waals surface area contributed by atoms with E-state index in [4.69, 9.17) is 0 Å². The topological polar surface area (TPSA) is 89.8 Å². The Bertz CT molecular complexity index is 1070. The molecule has 0 saturated carbocycles. The summed E-state index contributed by atoms with van der Waals surface area (Å²) >= 11 is 0. The third-order valence-electron chi connectivity index (χ3n) is 5.36. The molecule has 6 heteroatoms. The molecule has 0 spiro atoms. The smallest absolute Gasteiger partial charge is 0.220 e. The molecule has 2 aromatic carbocycles. The summed E-state index contributed by atoms with van der Waals surface area (Å²) in [6.07, 6.45) is 6.16. The molecule has 4 N–H and O–H groups in total. The molecule has 4 aromatic rings. The van der Waals surface area contributed by atoms with Gasteiger partial charge in [0.05, 0.1) is 0 Å². The fourth-order valence-corrected chi connectivity index (χ4v) is 3.75. The van der Waals surface area contributed by atoms with Gasteiger partial charge in [-0.05, 0) is 36.1 Å². The molecule has 0 aliphatic heterocycles. The van der Waals surface area contributed by atoms with Gasteiger partial charge in [-0.2, -0.15) is 0 Å². The van der Waals surface area contributed by atoms with Crippen molar-refractivity contribution in [2.45, 2.75) is 25.7 Å². The van der Waals surface area contributed by atoms with E-state index in [1.807, 2.05) is 48.8 Å². The summed E-state index contributed by atoms with van der Waals surface area (Å²) in [5.41, 5.74) is 4.46. The van der Waals surface area contributed by atoms with Crippen molar-refractivity contribution in [1.29, 1.82) is 0 Å². The lowest BCUT2D eigenvalue weighted by molar-refractivity contribution is -0.122. The van der Waals surface area contributed by atoms with Crippen LogP contribution in [0.2, 0.25) is 0 Å². The number of nitrogens with one attached hydrogen (secondary N) is 4. The molecule has 0 saturated heterocycles. The molecule has 0 aliphatic carbocycles. The summed E-state index contributed by atoms with van der Waals surface area (Å²) in [4.78, 5) is 30.6. The Balaban J connectivity index is 1.13. The molecular formula is C24H26N4O2. The van der Waals surface area contributed by atoms with E-state index in [0.29, 0.717) is 38.8 Å². The van der Waals surface area contributed by atoms with Crippen LogP contribution in [0.5, 0.6) is 0 Å². The Labute approximate surface area is 175 Å². The average Bonchev–Trinajstić information content (AvgIpc) is 3.38. The van der Waals surface area contributed by atoms with Crippen LogP contribution in [-0.2, 0) is 22.4 Å². The number of aromatic amines is 2. The largest absolute Gasteiger partial charge is 0.361 e. The van der Waals surface area contributed by atoms with Crippen LogP contribution in [0, 0.1) is 0 Å². The molecule has 154 valence electrons. The van der Waals surface area contributed by atoms with Gasteiger partial charge in [-0.15, -0.1) is 0 Å². The van der Waals surface area contributed by atoms with Gasteiger partial charge in [0.25, 0.3) is 0 Å². The highest BCUT2D eigenvalue weighted by molar-refractivity contribution is 5.85. The highest BCUT2D eigenvalue weighted by atomic mass is 16.2. The number of para-hydroxylation sites is 2. The van der Waals surface area contributed by atoms with Crippen molar-refractivity contribution < 1.29 is 9.59 Å². The van der Waals surface area contributed by atoms with E-state index in [0.717, 1.165) is 32.9 Å². The zero-order chi connectivity index (χ0) is 20.8. The maximum atomic E-state index is 12.1. The van der Waals surface area contributed by atoms with Gasteiger partial charge in [0.1, 0.15) is 0 Å². The first-order chi connectivity index (χ1) is 14.7. The van der Waals surface area contributed by atoms with Crippen LogP contribution in [-0.4, -0.2) is 34.9 Å². The number of rotatable bonds is 9. The van der Waals surface area contributed by atoms with Crippen LogP contribution in [0.3, 0.4) is 0 Å². The van der Waals surface area contributed by atoms with Crippen molar-refractivity contribution in [3.63, 3.8) is 0 Å². The van der Waals surface area contributed by atoms with E-state index < -0.39 is 0 Å². The third-order valence-corrected chi connectivity index (χ3v) is 5.36. The lowest BCUT2D eigenvalue weighted by atomic mass is 10.1. The summed E-state index contributed by atoms with van der Waals surface area (Å²) < 4.78 is 0. The minimum Gasteiger partial charge on any atom is -0.361 e. The predicted molar refractivity (Wildman–Crippen MR) is 119 cm³/mol. The van der Waals surface area contributed by atoms with E-state index in [1.54, 1.807) is 0 Å². The molecule has 0 bridgehead atoms. The number of benzene rings is 2. The number of carbonyl (C=O) groups excluding carboxylic acids is 2. The number of hydrogen-bond acceptors (Lipinski definition) is 2. The van der Waals surface area contributed by atoms with Gasteiger partial charge in [-0.1, -0.05) is 36.4 Å². The van der Waals surface area contributed by atoms with E-state index in [9.17, 15) is 9.59 Å². The number of hydrogen-bond donors (Lipinski definition) is 4. The minimum absolute atomic E-state index is 0.00618. The SMILES string of the molecule is O=C(CCc1c[nH]c2ccccc12)NCCNC(=O)CCc1c[nH]c2ccccc12. The molecule has 30 heavy (non-hydrogen) atoms. The Hall–Kier alpha value is -3.54. The fourth-order valence-electron chi connectivity index (χ4n) is 3.75. The van der Waals surface area contributed by atoms with Crippen molar-refractivity contribution >= 4 is 33.6 Å². The van der Waals surface area contributed by atoms with Crippen LogP contribution in [0.4, 0.5) is 0 Å². The van der Waals surface area contributed by atoms with Crippen molar-refractivity contribution in [3.05, 3.63) is 72.1 Å². The van der Waals surface area contributed by atoms with Gasteiger partial charge >= 0.3 is 0 Å². The zero-order valence-corrected chi connectivity index (χ0v) is 16.8. The summed E-state index contributed by atoms with van der Waals surface area (Å²) in [5.74, 6) is -0.0124. The van der Waals surface area contributed by atoms with Crippen molar-refractivity contribution in [3.8, 4) is 0 Å². The summed E-state index contributed by atoms with van der Waals surface area (Å²) in [6, 6.07) is 16.2. The maximum Gasteiger partial charge on any atom is 0.220 e. The fraction of sp³-hybridized carbons (Fsp3) is 0.250. The number of amides is 2. The lowest BCUT2D eigenvalue weighted by Gasteiger charge is -2.07. The molecule has 0 unspecified atom stereocenters. The van der Waals surface area contributed by atoms with E-state index in [1.165, 1.54) is 0 Å². The summed E-state index contributed by atoms with van der Waals surface area (Å²) in [7, 11) is 0. The number of aryl methyl sites for hydroxylation is 2. The standard InChI is InChI=1S/C24H26N4O2/c29-23(11-9-17-15-27-21-7-3-1-5-19(17)21)25-13-14-26-24(30)12-10-18-16-28-22-8-4-2-6-20(18)22/h1-8,15-16,27-28H,9-14H2,(H,25,29)(H,26,30). The van der Waals surface area contributed by atoms with Crippen LogP contribution in [0.15, 0.2) is 60.9 Å². The summed E-state index contributed by atoms with van der Waals surface area (Å²) in [6.45, 7) is 0.872. The minimum atomic E-state index is -0.00618. The predicted octanol–water partition coefficient (Wildman–Crippen LogP) is 3.45. The van der Waals surface area contributed by atoms with Crippen molar-refractivity contribution in [2.24, 2.45) is 0 Å². The van der Waals surface area contributed by atoms with Gasteiger partial charge in [-0.3, -0.25) is 9.59 Å². The van der Waals surface area contributed by atoms with E-state index in [2.05, 4.69) is 32.7 Å². The third kappa shape index (κ3) is 4.71. The Morgan fingerprint density at radius 2 is 1.10 bits per heavy atom. The maximum absolute atomic E-state index is 12.1. The molecule has 0 fully saturated rings. The van der Waals surface area contributed by atoms with Gasteiger partial charge in [0, 0.05) is 60.1 Å². The van der Waals surface area contributed by atoms with Gasteiger partial charge in [-0.25, -0.2) is 0 Å². The Kier molecular flexibility index (Phi) is 6.13. The monoisotopic (exact) mass is 402 g/mol. The molecule has 0 atom stereocenters.